The van der Waals surface area contributed by atoms with Crippen LogP contribution in [0.25, 0.3) is 39.4 Å². The number of nitrogens with one attached hydrogen (secondary N) is 1. The van der Waals surface area contributed by atoms with Gasteiger partial charge in [-0.2, -0.15) is 0 Å². The van der Waals surface area contributed by atoms with Crippen LogP contribution < -0.4 is 10.1 Å². The quantitative estimate of drug-likeness (QED) is 0.242. The molecule has 0 spiro atoms. The van der Waals surface area contributed by atoms with Crippen LogP contribution >= 0.6 is 0 Å². The summed E-state index contributed by atoms with van der Waals surface area (Å²) in [5, 5.41) is 8.49. The van der Waals surface area contributed by atoms with Crippen molar-refractivity contribution in [3.8, 4) is 39.7 Å². The van der Waals surface area contributed by atoms with Gasteiger partial charge in [0, 0.05) is 55.5 Å². The van der Waals surface area contributed by atoms with E-state index in [1.807, 2.05) is 54.3 Å². The lowest BCUT2D eigenvalue weighted by Crippen LogP contribution is -2.41. The van der Waals surface area contributed by atoms with Crippen molar-refractivity contribution >= 4 is 11.3 Å². The van der Waals surface area contributed by atoms with E-state index in [0.29, 0.717) is 41.8 Å². The van der Waals surface area contributed by atoms with E-state index in [1.54, 1.807) is 36.0 Å². The van der Waals surface area contributed by atoms with Gasteiger partial charge in [0.05, 0.1) is 26.4 Å². The molecular weight excluding hydrogens is 511 g/mol. The van der Waals surface area contributed by atoms with Crippen molar-refractivity contribution in [2.75, 3.05) is 32.8 Å². The maximum absolute atomic E-state index is 15.7. The van der Waals surface area contributed by atoms with Crippen molar-refractivity contribution in [2.45, 2.75) is 25.0 Å². The van der Waals surface area contributed by atoms with Gasteiger partial charge in [-0.3, -0.25) is 0 Å². The van der Waals surface area contributed by atoms with Gasteiger partial charge in [-0.1, -0.05) is 42.5 Å². The minimum Gasteiger partial charge on any atom is -0.494 e. The Morgan fingerprint density at radius 3 is 2.58 bits per heavy atom. The van der Waals surface area contributed by atoms with Crippen LogP contribution in [-0.2, 0) is 16.5 Å². The average Bonchev–Trinajstić information content (AvgIpc) is 3.55. The van der Waals surface area contributed by atoms with Gasteiger partial charge in [0.15, 0.2) is 23.2 Å². The summed E-state index contributed by atoms with van der Waals surface area (Å²) in [6.07, 6.45) is 7.28. The zero-order valence-electron chi connectivity index (χ0n) is 22.7. The first-order chi connectivity index (χ1) is 19.6. The number of imidazole rings is 1. The SMILES string of the molecule is COCCOC1CC(Nc2nc(-c3nccn3C)nn3cc(-c4cccc(OC)c4F)c(-c4ccccc4)c23)C1. The third-order valence-corrected chi connectivity index (χ3v) is 7.26. The second-order valence-electron chi connectivity index (χ2n) is 9.84. The van der Waals surface area contributed by atoms with E-state index in [2.05, 4.69) is 10.3 Å². The second-order valence-corrected chi connectivity index (χ2v) is 9.84. The molecule has 1 saturated carbocycles. The van der Waals surface area contributed by atoms with Gasteiger partial charge in [0.25, 0.3) is 0 Å². The fraction of sp³-hybridized carbons (Fsp3) is 0.300. The van der Waals surface area contributed by atoms with Gasteiger partial charge >= 0.3 is 0 Å². The Labute approximate surface area is 231 Å². The first-order valence-corrected chi connectivity index (χ1v) is 13.2. The molecule has 0 radical (unpaired) electrons. The van der Waals surface area contributed by atoms with Crippen LogP contribution in [0.15, 0.2) is 67.1 Å². The highest BCUT2D eigenvalue weighted by Gasteiger charge is 2.32. The van der Waals surface area contributed by atoms with Gasteiger partial charge in [0.1, 0.15) is 5.52 Å². The number of aromatic nitrogens is 5. The molecule has 3 aromatic heterocycles. The van der Waals surface area contributed by atoms with Crippen molar-refractivity contribution in [3.63, 3.8) is 0 Å². The van der Waals surface area contributed by atoms with Crippen LogP contribution in [0.3, 0.4) is 0 Å². The third-order valence-electron chi connectivity index (χ3n) is 7.26. The molecule has 6 rings (SSSR count). The van der Waals surface area contributed by atoms with E-state index in [4.69, 9.17) is 24.3 Å². The van der Waals surface area contributed by atoms with Crippen LogP contribution in [0.2, 0.25) is 0 Å². The van der Waals surface area contributed by atoms with E-state index in [0.717, 1.165) is 29.5 Å². The average molecular weight is 543 g/mol. The number of benzene rings is 2. The Balaban J connectivity index is 1.51. The molecule has 1 fully saturated rings. The van der Waals surface area contributed by atoms with Gasteiger partial charge in [-0.15, -0.1) is 5.10 Å². The van der Waals surface area contributed by atoms with Crippen molar-refractivity contribution in [1.82, 2.24) is 24.1 Å². The number of methoxy groups -OCH3 is 2. The zero-order valence-corrected chi connectivity index (χ0v) is 22.7. The van der Waals surface area contributed by atoms with Crippen molar-refractivity contribution in [3.05, 3.63) is 72.9 Å². The van der Waals surface area contributed by atoms with Crippen molar-refractivity contribution in [1.29, 1.82) is 0 Å². The standard InChI is InChI=1S/C30H31FN6O3/c1-36-13-12-32-30(36)29-34-28(33-20-16-21(17-20)40-15-14-38-2)27-25(19-8-5-4-6-9-19)23(18-37(27)35-29)22-10-7-11-24(39-3)26(22)31/h4-13,18,20-21H,14-17H2,1-3H3,(H,33,34,35). The lowest BCUT2D eigenvalue weighted by molar-refractivity contribution is -0.0261. The monoisotopic (exact) mass is 542 g/mol. The molecule has 0 unspecified atom stereocenters. The van der Waals surface area contributed by atoms with Crippen LogP contribution in [0.4, 0.5) is 10.2 Å². The van der Waals surface area contributed by atoms with E-state index in [9.17, 15) is 0 Å². The van der Waals surface area contributed by atoms with Gasteiger partial charge in [-0.05, 0) is 24.5 Å². The van der Waals surface area contributed by atoms with Crippen molar-refractivity contribution in [2.24, 2.45) is 7.05 Å². The summed E-state index contributed by atoms with van der Waals surface area (Å²) >= 11 is 0. The Bertz CT molecular complexity index is 1630. The highest BCUT2D eigenvalue weighted by atomic mass is 19.1. The molecule has 3 heterocycles. The number of aryl methyl sites for hydroxylation is 1. The summed E-state index contributed by atoms with van der Waals surface area (Å²) in [4.78, 5) is 9.44. The van der Waals surface area contributed by atoms with Crippen LogP contribution in [0, 0.1) is 5.82 Å². The molecule has 1 aliphatic rings. The summed E-state index contributed by atoms with van der Waals surface area (Å²) in [6.45, 7) is 1.14. The van der Waals surface area contributed by atoms with Crippen LogP contribution in [0.1, 0.15) is 12.8 Å². The predicted octanol–water partition coefficient (Wildman–Crippen LogP) is 5.22. The Morgan fingerprint density at radius 1 is 1.02 bits per heavy atom. The molecule has 5 aromatic rings. The lowest BCUT2D eigenvalue weighted by Gasteiger charge is -2.36. The molecule has 0 aliphatic heterocycles. The molecule has 0 bridgehead atoms. The first kappa shape index (κ1) is 26.0. The zero-order chi connectivity index (χ0) is 27.6. The molecular formula is C30H31FN6O3. The number of ether oxygens (including phenoxy) is 3. The topological polar surface area (TPSA) is 87.7 Å². The molecule has 0 saturated heterocycles. The number of anilines is 1. The molecule has 40 heavy (non-hydrogen) atoms. The molecule has 10 heteroatoms. The molecule has 0 amide bonds. The number of nitrogens with zero attached hydrogens (tertiary/aromatic N) is 5. The smallest absolute Gasteiger partial charge is 0.218 e. The summed E-state index contributed by atoms with van der Waals surface area (Å²) in [7, 11) is 5.04. The summed E-state index contributed by atoms with van der Waals surface area (Å²) in [5.41, 5.74) is 3.61. The number of rotatable bonds is 10. The highest BCUT2D eigenvalue weighted by Crippen LogP contribution is 2.42. The number of hydrogen-bond donors (Lipinski definition) is 1. The number of halogens is 1. The molecule has 9 nitrogen and oxygen atoms in total. The van der Waals surface area contributed by atoms with E-state index in [1.165, 1.54) is 7.11 Å². The lowest BCUT2D eigenvalue weighted by atomic mass is 9.89. The van der Waals surface area contributed by atoms with Crippen LogP contribution in [0.5, 0.6) is 5.75 Å². The second kappa shape index (κ2) is 11.1. The molecule has 1 aliphatic carbocycles. The highest BCUT2D eigenvalue weighted by molar-refractivity contribution is 5.99. The number of fused-ring (bicyclic) bond motifs is 1. The fourth-order valence-electron chi connectivity index (χ4n) is 5.15. The molecule has 2 aromatic carbocycles. The maximum Gasteiger partial charge on any atom is 0.218 e. The van der Waals surface area contributed by atoms with E-state index in [-0.39, 0.29) is 17.9 Å². The minimum atomic E-state index is -0.431. The van der Waals surface area contributed by atoms with E-state index >= 15 is 4.39 Å². The molecule has 206 valence electrons. The van der Waals surface area contributed by atoms with Gasteiger partial charge in [0.2, 0.25) is 5.82 Å². The fourth-order valence-corrected chi connectivity index (χ4v) is 5.15. The molecule has 1 N–H and O–H groups in total. The summed E-state index contributed by atoms with van der Waals surface area (Å²) in [5.74, 6) is 1.49. The van der Waals surface area contributed by atoms with Gasteiger partial charge < -0.3 is 24.1 Å². The Morgan fingerprint density at radius 2 is 1.85 bits per heavy atom. The minimum absolute atomic E-state index is 0.163. The summed E-state index contributed by atoms with van der Waals surface area (Å²) in [6, 6.07) is 15.2. The molecule has 0 atom stereocenters. The largest absolute Gasteiger partial charge is 0.494 e. The van der Waals surface area contributed by atoms with E-state index < -0.39 is 5.82 Å². The maximum atomic E-state index is 15.7. The normalized spacial score (nSPS) is 16.7. The third kappa shape index (κ3) is 4.80. The van der Waals surface area contributed by atoms with Gasteiger partial charge in [-0.25, -0.2) is 18.9 Å². The predicted molar refractivity (Wildman–Crippen MR) is 151 cm³/mol. The number of hydrogen-bond acceptors (Lipinski definition) is 7. The van der Waals surface area contributed by atoms with Crippen molar-refractivity contribution < 1.29 is 18.6 Å². The Kier molecular flexibility index (Phi) is 7.19. The Hall–Kier alpha value is -4.28. The summed E-state index contributed by atoms with van der Waals surface area (Å²) < 4.78 is 35.6. The first-order valence-electron chi connectivity index (χ1n) is 13.2. The van der Waals surface area contributed by atoms with Crippen LogP contribution in [-0.4, -0.2) is 63.7 Å².